The second kappa shape index (κ2) is 37.4. The Bertz CT molecular complexity index is 787. The average molecular weight is 693 g/mol. The van der Waals surface area contributed by atoms with Crippen LogP contribution in [0, 0.1) is 0 Å². The van der Waals surface area contributed by atoms with E-state index in [1.807, 2.05) is 0 Å². The molecule has 0 aliphatic heterocycles. The van der Waals surface area contributed by atoms with Gasteiger partial charge in [-0.05, 0) is 64.0 Å². The first-order valence-electron chi connectivity index (χ1n) is 21.0. The summed E-state index contributed by atoms with van der Waals surface area (Å²) in [5.41, 5.74) is 5.47. The van der Waals surface area contributed by atoms with Crippen LogP contribution in [0.5, 0.6) is 0 Å². The molecule has 7 heteroatoms. The van der Waals surface area contributed by atoms with Gasteiger partial charge in [0.25, 0.3) is 0 Å². The predicted molar refractivity (Wildman–Crippen MR) is 207 cm³/mol. The fraction of sp³-hybridized carbons (Fsp3) is 0.881. The molecule has 0 radical (unpaired) electrons. The second-order valence-electron chi connectivity index (χ2n) is 14.4. The smallest absolute Gasteiger partial charge is 0.326 e. The monoisotopic (exact) mass is 693 g/mol. The van der Waals surface area contributed by atoms with Gasteiger partial charge in [-0.25, -0.2) is 4.79 Å². The number of rotatable bonds is 38. The molecule has 0 aliphatic carbocycles. The number of ether oxygens (including phenoxy) is 1. The van der Waals surface area contributed by atoms with Gasteiger partial charge in [0.2, 0.25) is 5.91 Å². The van der Waals surface area contributed by atoms with E-state index in [-0.39, 0.29) is 18.0 Å². The summed E-state index contributed by atoms with van der Waals surface area (Å²) in [6, 6.07) is -0.867. The molecule has 0 aromatic heterocycles. The number of nitrogens with two attached hydrogens (primary N) is 1. The van der Waals surface area contributed by atoms with Crippen LogP contribution in [0.2, 0.25) is 0 Å². The van der Waals surface area contributed by atoms with E-state index in [0.29, 0.717) is 38.6 Å². The summed E-state index contributed by atoms with van der Waals surface area (Å²) in [6.07, 6.45) is 40.0. The number of aliphatic carboxylic acids is 1. The summed E-state index contributed by atoms with van der Waals surface area (Å²) in [5, 5.41) is 11.9. The Morgan fingerprint density at radius 2 is 1.04 bits per heavy atom. The minimum Gasteiger partial charge on any atom is -0.480 e. The third-order valence-electron chi connectivity index (χ3n) is 9.57. The number of hydrogen-bond acceptors (Lipinski definition) is 5. The molecule has 0 rings (SSSR count). The largest absolute Gasteiger partial charge is 0.480 e. The van der Waals surface area contributed by atoms with E-state index in [4.69, 9.17) is 10.5 Å². The summed E-state index contributed by atoms with van der Waals surface area (Å²) in [7, 11) is 0. The van der Waals surface area contributed by atoms with Crippen LogP contribution in [-0.4, -0.2) is 41.6 Å². The number of amides is 1. The summed E-state index contributed by atoms with van der Waals surface area (Å²) in [5.74, 6) is -1.32. The molecule has 2 atom stereocenters. The lowest BCUT2D eigenvalue weighted by atomic mass is 10.0. The van der Waals surface area contributed by atoms with Gasteiger partial charge in [0.1, 0.15) is 12.1 Å². The van der Waals surface area contributed by atoms with E-state index in [0.717, 1.165) is 44.9 Å². The third-order valence-corrected chi connectivity index (χ3v) is 9.57. The maximum atomic E-state index is 12.7. The first kappa shape index (κ1) is 47.1. The third kappa shape index (κ3) is 34.3. The highest BCUT2D eigenvalue weighted by Crippen LogP contribution is 2.17. The molecule has 4 N–H and O–H groups in total. The molecule has 0 fully saturated rings. The molecule has 0 spiro atoms. The minimum atomic E-state index is -1.01. The van der Waals surface area contributed by atoms with Crippen molar-refractivity contribution in [2.24, 2.45) is 5.73 Å². The molecule has 288 valence electrons. The molecular weight excluding hydrogens is 612 g/mol. The molecule has 1 amide bonds. The van der Waals surface area contributed by atoms with Gasteiger partial charge in [-0.15, -0.1) is 0 Å². The lowest BCUT2D eigenvalue weighted by Crippen LogP contribution is -2.40. The molecule has 49 heavy (non-hydrogen) atoms. The van der Waals surface area contributed by atoms with E-state index in [1.54, 1.807) is 0 Å². The molecule has 0 aromatic rings. The number of carbonyl (C=O) groups excluding carboxylic acids is 2. The van der Waals surface area contributed by atoms with Crippen LogP contribution in [0.25, 0.3) is 0 Å². The zero-order valence-corrected chi connectivity index (χ0v) is 32.3. The highest BCUT2D eigenvalue weighted by atomic mass is 16.5. The Kier molecular flexibility index (Phi) is 35.9. The van der Waals surface area contributed by atoms with Crippen molar-refractivity contribution in [2.75, 3.05) is 6.54 Å². The van der Waals surface area contributed by atoms with Gasteiger partial charge in [-0.3, -0.25) is 9.59 Å². The van der Waals surface area contributed by atoms with Crippen molar-refractivity contribution >= 4 is 17.8 Å². The lowest BCUT2D eigenvalue weighted by molar-refractivity contribution is -0.147. The van der Waals surface area contributed by atoms with Crippen molar-refractivity contribution in [1.82, 2.24) is 5.32 Å². The molecule has 0 saturated heterocycles. The van der Waals surface area contributed by atoms with Crippen LogP contribution >= 0.6 is 0 Å². The van der Waals surface area contributed by atoms with Crippen LogP contribution in [0.4, 0.5) is 0 Å². The topological polar surface area (TPSA) is 119 Å². The second-order valence-corrected chi connectivity index (χ2v) is 14.4. The maximum absolute atomic E-state index is 12.7. The number of nitrogens with one attached hydrogen (secondary N) is 1. The van der Waals surface area contributed by atoms with Crippen LogP contribution in [-0.2, 0) is 19.1 Å². The Hall–Kier alpha value is -1.89. The molecular formula is C42H80N2O5. The van der Waals surface area contributed by atoms with Crippen LogP contribution in [0.3, 0.4) is 0 Å². The summed E-state index contributed by atoms with van der Waals surface area (Å²) in [4.78, 5) is 36.2. The molecule has 0 aliphatic rings. The average Bonchev–Trinajstić information content (AvgIpc) is 3.08. The van der Waals surface area contributed by atoms with Crippen molar-refractivity contribution < 1.29 is 24.2 Å². The van der Waals surface area contributed by atoms with Gasteiger partial charge in [0, 0.05) is 12.8 Å². The Morgan fingerprint density at radius 3 is 1.53 bits per heavy atom. The van der Waals surface area contributed by atoms with Crippen molar-refractivity contribution in [3.05, 3.63) is 12.2 Å². The minimum absolute atomic E-state index is 0.0867. The van der Waals surface area contributed by atoms with E-state index in [9.17, 15) is 19.5 Å². The van der Waals surface area contributed by atoms with E-state index in [1.165, 1.54) is 128 Å². The fourth-order valence-corrected chi connectivity index (χ4v) is 6.36. The number of carbonyl (C=O) groups is 3. The van der Waals surface area contributed by atoms with Gasteiger partial charge in [-0.2, -0.15) is 0 Å². The van der Waals surface area contributed by atoms with Gasteiger partial charge < -0.3 is 20.9 Å². The zero-order chi connectivity index (χ0) is 36.0. The molecule has 7 nitrogen and oxygen atoms in total. The number of esters is 1. The molecule has 0 heterocycles. The van der Waals surface area contributed by atoms with Gasteiger partial charge in [-0.1, -0.05) is 161 Å². The fourth-order valence-electron chi connectivity index (χ4n) is 6.36. The highest BCUT2D eigenvalue weighted by Gasteiger charge is 2.19. The molecule has 2 unspecified atom stereocenters. The Balaban J connectivity index is 4.08. The summed E-state index contributed by atoms with van der Waals surface area (Å²) >= 11 is 0. The number of carboxylic acids is 1. The summed E-state index contributed by atoms with van der Waals surface area (Å²) < 4.78 is 5.90. The van der Waals surface area contributed by atoms with Crippen LogP contribution in [0.1, 0.15) is 219 Å². The lowest BCUT2D eigenvalue weighted by Gasteiger charge is -2.15. The molecule has 0 bridgehead atoms. The normalized spacial score (nSPS) is 12.7. The SMILES string of the molecule is CCCCCC/C=C\C(CCCCCCC(=O)NC(CCCN)C(=O)O)OC(=O)CCCCCCCCCCCCCCCCCCCC. The first-order chi connectivity index (χ1) is 23.9. The number of allylic oxidation sites excluding steroid dienone is 1. The van der Waals surface area contributed by atoms with Crippen molar-refractivity contribution in [1.29, 1.82) is 0 Å². The van der Waals surface area contributed by atoms with Crippen molar-refractivity contribution in [3.63, 3.8) is 0 Å². The van der Waals surface area contributed by atoms with Crippen molar-refractivity contribution in [3.8, 4) is 0 Å². The summed E-state index contributed by atoms with van der Waals surface area (Å²) in [6.45, 7) is 4.90. The first-order valence-corrected chi connectivity index (χ1v) is 21.0. The van der Waals surface area contributed by atoms with Crippen molar-refractivity contribution in [2.45, 2.75) is 231 Å². The Labute approximate surface area is 302 Å². The van der Waals surface area contributed by atoms with E-state index >= 15 is 0 Å². The van der Waals surface area contributed by atoms with Crippen LogP contribution < -0.4 is 11.1 Å². The van der Waals surface area contributed by atoms with Crippen LogP contribution in [0.15, 0.2) is 12.2 Å². The number of carboxylic acid groups (broad SMARTS) is 1. The number of hydrogen-bond donors (Lipinski definition) is 3. The molecule has 0 saturated carbocycles. The predicted octanol–water partition coefficient (Wildman–Crippen LogP) is 11.5. The van der Waals surface area contributed by atoms with E-state index in [2.05, 4.69) is 31.3 Å². The van der Waals surface area contributed by atoms with Gasteiger partial charge in [0.05, 0.1) is 0 Å². The standard InChI is InChI=1S/C42H80N2O5/c1-3-5-7-9-11-12-13-14-15-16-17-18-19-20-21-22-24-30-36-41(46)49-38(32-27-23-10-8-6-4-2)33-28-25-26-29-35-40(45)44-39(42(47)48)34-31-37-43/h27,32,38-39H,3-26,28-31,33-37,43H2,1-2H3,(H,44,45)(H,47,48)/b32-27-. The highest BCUT2D eigenvalue weighted by molar-refractivity contribution is 5.83. The van der Waals surface area contributed by atoms with E-state index < -0.39 is 12.0 Å². The zero-order valence-electron chi connectivity index (χ0n) is 32.3. The number of unbranched alkanes of at least 4 members (excludes halogenated alkanes) is 24. The quantitative estimate of drug-likeness (QED) is 0.0337. The van der Waals surface area contributed by atoms with Gasteiger partial charge in [0.15, 0.2) is 0 Å². The van der Waals surface area contributed by atoms with Gasteiger partial charge >= 0.3 is 11.9 Å². The maximum Gasteiger partial charge on any atom is 0.326 e. The Morgan fingerprint density at radius 1 is 0.592 bits per heavy atom. The molecule has 0 aromatic carbocycles.